The van der Waals surface area contributed by atoms with E-state index in [1.54, 1.807) is 55.5 Å². The van der Waals surface area contributed by atoms with Gasteiger partial charge < -0.3 is 30.3 Å². The first-order chi connectivity index (χ1) is 16.2. The fourth-order valence-corrected chi connectivity index (χ4v) is 3.90. The number of ether oxygens (including phenoxy) is 2. The largest absolute Gasteiger partial charge is 0.491 e. The van der Waals surface area contributed by atoms with Crippen molar-refractivity contribution in [3.05, 3.63) is 52.0 Å². The molecule has 8 nitrogen and oxygen atoms in total. The van der Waals surface area contributed by atoms with Crippen molar-refractivity contribution in [3.63, 3.8) is 0 Å². The Bertz CT molecular complexity index is 1040. The van der Waals surface area contributed by atoms with E-state index >= 15 is 0 Å². The van der Waals surface area contributed by atoms with Gasteiger partial charge in [0.05, 0.1) is 21.7 Å². The minimum Gasteiger partial charge on any atom is -0.491 e. The molecule has 184 valence electrons. The minimum absolute atomic E-state index is 0.0786. The summed E-state index contributed by atoms with van der Waals surface area (Å²) in [6.07, 6.45) is -0.129. The molecule has 2 aromatic rings. The van der Waals surface area contributed by atoms with Crippen molar-refractivity contribution >= 4 is 46.5 Å². The van der Waals surface area contributed by atoms with Gasteiger partial charge in [0.25, 0.3) is 5.91 Å². The second kappa shape index (κ2) is 11.8. The van der Waals surface area contributed by atoms with Crippen LogP contribution in [0.4, 0.5) is 16.2 Å². The number of methoxy groups -OCH3 is 1. The summed E-state index contributed by atoms with van der Waals surface area (Å²) in [5.41, 5.74) is 1.28. The number of hydrogen-bond donors (Lipinski definition) is 3. The molecule has 3 atom stereocenters. The standard InChI is InChI=1S/C24H30Cl2N4O4/c1-14-11-27-15(2)13-34-21-8-6-16(9-18(21)23(31)30(3)12-22(14)33-4)28-24(32)29-17-5-7-19(25)20(26)10-17/h5-10,14-15,22,27H,11-13H2,1-4H3,(H2,28,29,32)/t14-,15+,22-/m0/s1. The summed E-state index contributed by atoms with van der Waals surface area (Å²) in [6, 6.07) is 9.36. The molecule has 0 spiro atoms. The van der Waals surface area contributed by atoms with Crippen molar-refractivity contribution in [2.24, 2.45) is 5.92 Å². The molecule has 3 N–H and O–H groups in total. The van der Waals surface area contributed by atoms with E-state index in [-0.39, 0.29) is 24.0 Å². The predicted octanol–water partition coefficient (Wildman–Crippen LogP) is 4.73. The average Bonchev–Trinajstić information content (AvgIpc) is 2.81. The third kappa shape index (κ3) is 6.76. The molecule has 34 heavy (non-hydrogen) atoms. The zero-order chi connectivity index (χ0) is 24.8. The second-order valence-electron chi connectivity index (χ2n) is 8.48. The normalized spacial score (nSPS) is 21.5. The van der Waals surface area contributed by atoms with Crippen LogP contribution in [0.3, 0.4) is 0 Å². The summed E-state index contributed by atoms with van der Waals surface area (Å²) in [7, 11) is 3.38. The zero-order valence-corrected chi connectivity index (χ0v) is 21.2. The van der Waals surface area contributed by atoms with Crippen LogP contribution in [0.2, 0.25) is 10.0 Å². The van der Waals surface area contributed by atoms with Crippen molar-refractivity contribution < 1.29 is 19.1 Å². The van der Waals surface area contributed by atoms with E-state index in [0.717, 1.165) is 6.54 Å². The monoisotopic (exact) mass is 508 g/mol. The number of hydrogen-bond acceptors (Lipinski definition) is 5. The molecule has 0 aromatic heterocycles. The van der Waals surface area contributed by atoms with Crippen LogP contribution < -0.4 is 20.7 Å². The number of benzene rings is 2. The maximum atomic E-state index is 13.3. The lowest BCUT2D eigenvalue weighted by Gasteiger charge is -2.30. The van der Waals surface area contributed by atoms with Gasteiger partial charge in [0.1, 0.15) is 12.4 Å². The Morgan fingerprint density at radius 3 is 2.47 bits per heavy atom. The zero-order valence-electron chi connectivity index (χ0n) is 19.7. The SMILES string of the molecule is CO[C@H]1CN(C)C(=O)c2cc(NC(=O)Nc3ccc(Cl)c(Cl)c3)ccc2OC[C@@H](C)NC[C@@H]1C. The van der Waals surface area contributed by atoms with E-state index in [0.29, 0.717) is 45.9 Å². The number of anilines is 2. The Morgan fingerprint density at radius 1 is 1.12 bits per heavy atom. The van der Waals surface area contributed by atoms with Crippen LogP contribution in [0.5, 0.6) is 5.75 Å². The topological polar surface area (TPSA) is 91.9 Å². The third-order valence-corrected chi connectivity index (χ3v) is 6.40. The van der Waals surface area contributed by atoms with Gasteiger partial charge in [-0.15, -0.1) is 0 Å². The molecule has 3 rings (SSSR count). The minimum atomic E-state index is -0.487. The molecule has 2 aromatic carbocycles. The smallest absolute Gasteiger partial charge is 0.323 e. The maximum absolute atomic E-state index is 13.3. The molecular weight excluding hydrogens is 479 g/mol. The molecule has 0 saturated carbocycles. The molecule has 10 heteroatoms. The lowest BCUT2D eigenvalue weighted by molar-refractivity contribution is 0.0281. The molecular formula is C24H30Cl2N4O4. The van der Waals surface area contributed by atoms with Crippen LogP contribution in [0.25, 0.3) is 0 Å². The van der Waals surface area contributed by atoms with Gasteiger partial charge in [0.2, 0.25) is 0 Å². The van der Waals surface area contributed by atoms with Crippen LogP contribution in [0.15, 0.2) is 36.4 Å². The summed E-state index contributed by atoms with van der Waals surface area (Å²) in [5.74, 6) is 0.419. The quantitative estimate of drug-likeness (QED) is 0.557. The Balaban J connectivity index is 1.82. The Hall–Kier alpha value is -2.52. The number of rotatable bonds is 3. The van der Waals surface area contributed by atoms with Crippen molar-refractivity contribution in [2.75, 3.05) is 44.5 Å². The summed E-state index contributed by atoms with van der Waals surface area (Å²) in [4.78, 5) is 27.4. The van der Waals surface area contributed by atoms with Crippen LogP contribution >= 0.6 is 23.2 Å². The Labute approximate surface area is 209 Å². The number of carbonyl (C=O) groups excluding carboxylic acids is 2. The number of nitrogens with one attached hydrogen (secondary N) is 3. The summed E-state index contributed by atoms with van der Waals surface area (Å²) >= 11 is 11.9. The molecule has 0 fully saturated rings. The van der Waals surface area contributed by atoms with Gasteiger partial charge in [-0.1, -0.05) is 30.1 Å². The predicted molar refractivity (Wildman–Crippen MR) is 135 cm³/mol. The number of likely N-dealkylation sites (N-methyl/N-ethyl adjacent to an activating group) is 1. The fraction of sp³-hybridized carbons (Fsp3) is 0.417. The van der Waals surface area contributed by atoms with Crippen LogP contribution in [-0.4, -0.2) is 62.8 Å². The summed E-state index contributed by atoms with van der Waals surface area (Å²) in [6.45, 7) is 5.66. The lowest BCUT2D eigenvalue weighted by atomic mass is 10.0. The first-order valence-corrected chi connectivity index (χ1v) is 11.7. The molecule has 3 amide bonds. The molecule has 1 heterocycles. The number of fused-ring (bicyclic) bond motifs is 1. The van der Waals surface area contributed by atoms with Crippen molar-refractivity contribution in [2.45, 2.75) is 26.0 Å². The molecule has 1 aliphatic heterocycles. The maximum Gasteiger partial charge on any atom is 0.323 e. The third-order valence-electron chi connectivity index (χ3n) is 5.66. The van der Waals surface area contributed by atoms with Gasteiger partial charge in [-0.25, -0.2) is 4.79 Å². The number of halogens is 2. The summed E-state index contributed by atoms with van der Waals surface area (Å²) < 4.78 is 11.6. The van der Waals surface area contributed by atoms with Gasteiger partial charge >= 0.3 is 6.03 Å². The van der Waals surface area contributed by atoms with Gasteiger partial charge in [-0.05, 0) is 49.2 Å². The first-order valence-electron chi connectivity index (χ1n) is 11.0. The molecule has 0 unspecified atom stereocenters. The molecule has 1 aliphatic rings. The Kier molecular flexibility index (Phi) is 9.02. The van der Waals surface area contributed by atoms with E-state index < -0.39 is 6.03 Å². The molecule has 0 radical (unpaired) electrons. The van der Waals surface area contributed by atoms with Gasteiger partial charge in [-0.3, -0.25) is 4.79 Å². The highest BCUT2D eigenvalue weighted by molar-refractivity contribution is 6.42. The van der Waals surface area contributed by atoms with Crippen molar-refractivity contribution in [3.8, 4) is 5.75 Å². The van der Waals surface area contributed by atoms with Gasteiger partial charge in [0, 0.05) is 44.7 Å². The van der Waals surface area contributed by atoms with Crippen LogP contribution in [-0.2, 0) is 4.74 Å². The van der Waals surface area contributed by atoms with Crippen molar-refractivity contribution in [1.82, 2.24) is 10.2 Å². The van der Waals surface area contributed by atoms with Crippen molar-refractivity contribution in [1.29, 1.82) is 0 Å². The second-order valence-corrected chi connectivity index (χ2v) is 9.29. The van der Waals surface area contributed by atoms with E-state index in [1.807, 2.05) is 6.92 Å². The van der Waals surface area contributed by atoms with Gasteiger partial charge in [-0.2, -0.15) is 0 Å². The number of urea groups is 1. The lowest BCUT2D eigenvalue weighted by Crippen LogP contribution is -2.44. The molecule has 0 aliphatic carbocycles. The van der Waals surface area contributed by atoms with E-state index in [2.05, 4.69) is 22.9 Å². The number of nitrogens with zero attached hydrogens (tertiary/aromatic N) is 1. The van der Waals surface area contributed by atoms with E-state index in [4.69, 9.17) is 32.7 Å². The highest BCUT2D eigenvalue weighted by atomic mass is 35.5. The molecule has 0 saturated heterocycles. The van der Waals surface area contributed by atoms with Crippen LogP contribution in [0, 0.1) is 5.92 Å². The summed E-state index contributed by atoms with van der Waals surface area (Å²) in [5, 5.41) is 9.61. The van der Waals surface area contributed by atoms with Crippen LogP contribution in [0.1, 0.15) is 24.2 Å². The van der Waals surface area contributed by atoms with E-state index in [9.17, 15) is 9.59 Å². The van der Waals surface area contributed by atoms with Gasteiger partial charge in [0.15, 0.2) is 0 Å². The average molecular weight is 509 g/mol. The number of amides is 3. The fourth-order valence-electron chi connectivity index (χ4n) is 3.61. The Morgan fingerprint density at radius 2 is 1.79 bits per heavy atom. The highest BCUT2D eigenvalue weighted by Crippen LogP contribution is 2.27. The first kappa shape index (κ1) is 26.1. The molecule has 0 bridgehead atoms. The van der Waals surface area contributed by atoms with E-state index in [1.165, 1.54) is 0 Å². The highest BCUT2D eigenvalue weighted by Gasteiger charge is 2.25. The number of carbonyl (C=O) groups is 2.